The summed E-state index contributed by atoms with van der Waals surface area (Å²) in [5, 5.41) is 3.46. The Morgan fingerprint density at radius 1 is 1.43 bits per heavy atom. The molecule has 1 unspecified atom stereocenters. The predicted molar refractivity (Wildman–Crippen MR) is 64.4 cm³/mol. The summed E-state index contributed by atoms with van der Waals surface area (Å²) in [5.41, 5.74) is 2.91. The lowest BCUT2D eigenvalue weighted by Crippen LogP contribution is -2.36. The van der Waals surface area contributed by atoms with E-state index in [-0.39, 0.29) is 5.41 Å². The van der Waals surface area contributed by atoms with Gasteiger partial charge in [-0.2, -0.15) is 0 Å². The number of rotatable bonds is 0. The van der Waals surface area contributed by atoms with Crippen LogP contribution < -0.4 is 5.32 Å². The second kappa shape index (κ2) is 3.20. The molecule has 1 atom stereocenters. The van der Waals surface area contributed by atoms with Gasteiger partial charge in [-0.25, -0.2) is 0 Å². The third-order valence-electron chi connectivity index (χ3n) is 3.53. The van der Waals surface area contributed by atoms with Gasteiger partial charge in [-0.1, -0.05) is 20.8 Å². The van der Waals surface area contributed by atoms with Crippen molar-refractivity contribution in [2.24, 2.45) is 5.92 Å². The summed E-state index contributed by atoms with van der Waals surface area (Å²) in [6.45, 7) is 7.97. The minimum Gasteiger partial charge on any atom is -0.385 e. The fourth-order valence-electron chi connectivity index (χ4n) is 2.00. The third kappa shape index (κ3) is 1.42. The van der Waals surface area contributed by atoms with Gasteiger partial charge in [0.15, 0.2) is 0 Å². The van der Waals surface area contributed by atoms with E-state index in [0.29, 0.717) is 5.92 Å². The van der Waals surface area contributed by atoms with Crippen molar-refractivity contribution in [3.8, 4) is 0 Å². The molecular formula is C12H17NS. The first kappa shape index (κ1) is 9.91. The Kier molecular flexibility index (Phi) is 2.26. The molecule has 1 aromatic carbocycles. The van der Waals surface area contributed by atoms with Crippen molar-refractivity contribution in [1.82, 2.24) is 0 Å². The number of nitrogens with one attached hydrogen (secondary N) is 1. The van der Waals surface area contributed by atoms with Gasteiger partial charge in [-0.15, -0.1) is 12.6 Å². The molecule has 0 saturated heterocycles. The molecule has 0 aliphatic carbocycles. The molecule has 1 nitrogen and oxygen atoms in total. The van der Waals surface area contributed by atoms with Crippen LogP contribution in [0.25, 0.3) is 0 Å². The Morgan fingerprint density at radius 2 is 2.14 bits per heavy atom. The van der Waals surface area contributed by atoms with Crippen LogP contribution >= 0.6 is 12.6 Å². The summed E-state index contributed by atoms with van der Waals surface area (Å²) in [6.07, 6.45) is 0. The monoisotopic (exact) mass is 207 g/mol. The Hall–Kier alpha value is -0.630. The van der Waals surface area contributed by atoms with Gasteiger partial charge in [-0.05, 0) is 35.1 Å². The third-order valence-corrected chi connectivity index (χ3v) is 3.81. The first-order valence-electron chi connectivity index (χ1n) is 5.09. The van der Waals surface area contributed by atoms with Crippen molar-refractivity contribution in [2.75, 3.05) is 11.9 Å². The molecule has 76 valence electrons. The number of hydrogen-bond acceptors (Lipinski definition) is 2. The van der Waals surface area contributed by atoms with E-state index in [4.69, 9.17) is 0 Å². The summed E-state index contributed by atoms with van der Waals surface area (Å²) in [5.74, 6) is 0.658. The smallest absolute Gasteiger partial charge is 0.0379 e. The van der Waals surface area contributed by atoms with E-state index in [1.807, 2.05) is 6.07 Å². The van der Waals surface area contributed by atoms with E-state index in [0.717, 1.165) is 11.4 Å². The number of benzene rings is 1. The van der Waals surface area contributed by atoms with E-state index in [2.05, 4.69) is 50.8 Å². The van der Waals surface area contributed by atoms with Gasteiger partial charge in [0.25, 0.3) is 0 Å². The maximum atomic E-state index is 4.40. The SMILES string of the molecule is CC1CNc2ccc(S)cc2C1(C)C. The molecule has 0 fully saturated rings. The van der Waals surface area contributed by atoms with Crippen molar-refractivity contribution in [1.29, 1.82) is 0 Å². The lowest BCUT2D eigenvalue weighted by Gasteiger charge is -2.39. The van der Waals surface area contributed by atoms with Crippen molar-refractivity contribution in [3.63, 3.8) is 0 Å². The van der Waals surface area contributed by atoms with Crippen LogP contribution in [0.15, 0.2) is 23.1 Å². The lowest BCUT2D eigenvalue weighted by molar-refractivity contribution is 0.348. The van der Waals surface area contributed by atoms with Crippen LogP contribution in [0.3, 0.4) is 0 Å². The summed E-state index contributed by atoms with van der Waals surface area (Å²) in [6, 6.07) is 6.35. The summed E-state index contributed by atoms with van der Waals surface area (Å²) in [4.78, 5) is 1.05. The number of fused-ring (bicyclic) bond motifs is 1. The van der Waals surface area contributed by atoms with Crippen molar-refractivity contribution < 1.29 is 0 Å². The van der Waals surface area contributed by atoms with Crippen molar-refractivity contribution >= 4 is 18.3 Å². The minimum absolute atomic E-state index is 0.249. The van der Waals surface area contributed by atoms with Gasteiger partial charge in [0, 0.05) is 17.1 Å². The maximum Gasteiger partial charge on any atom is 0.0379 e. The Morgan fingerprint density at radius 3 is 2.86 bits per heavy atom. The largest absolute Gasteiger partial charge is 0.385 e. The van der Waals surface area contributed by atoms with Gasteiger partial charge >= 0.3 is 0 Å². The van der Waals surface area contributed by atoms with Crippen LogP contribution in [0, 0.1) is 5.92 Å². The predicted octanol–water partition coefficient (Wildman–Crippen LogP) is 3.31. The van der Waals surface area contributed by atoms with Gasteiger partial charge in [-0.3, -0.25) is 0 Å². The molecule has 0 saturated carbocycles. The number of hydrogen-bond donors (Lipinski definition) is 2. The summed E-state index contributed by atoms with van der Waals surface area (Å²) >= 11 is 4.40. The molecule has 1 N–H and O–H groups in total. The second-order valence-corrected chi connectivity index (χ2v) is 5.25. The minimum atomic E-state index is 0.249. The molecule has 0 amide bonds. The van der Waals surface area contributed by atoms with Crippen LogP contribution in [-0.4, -0.2) is 6.54 Å². The molecule has 2 rings (SSSR count). The highest BCUT2D eigenvalue weighted by Gasteiger charge is 2.33. The van der Waals surface area contributed by atoms with E-state index in [1.54, 1.807) is 0 Å². The number of anilines is 1. The molecule has 0 radical (unpaired) electrons. The summed E-state index contributed by atoms with van der Waals surface area (Å²) < 4.78 is 0. The fourth-order valence-corrected chi connectivity index (χ4v) is 2.21. The molecule has 0 bridgehead atoms. The standard InChI is InChI=1S/C12H17NS/c1-8-7-13-11-5-4-9(14)6-10(11)12(8,2)3/h4-6,8,13-14H,7H2,1-3H3. The second-order valence-electron chi connectivity index (χ2n) is 4.73. The molecule has 1 aliphatic heterocycles. The average molecular weight is 207 g/mol. The van der Waals surface area contributed by atoms with Gasteiger partial charge < -0.3 is 5.32 Å². The molecule has 2 heteroatoms. The zero-order chi connectivity index (χ0) is 10.3. The first-order chi connectivity index (χ1) is 6.51. The van der Waals surface area contributed by atoms with Gasteiger partial charge in [0.2, 0.25) is 0 Å². The molecule has 1 aromatic rings. The average Bonchev–Trinajstić information content (AvgIpc) is 2.13. The Labute approximate surface area is 91.3 Å². The van der Waals surface area contributed by atoms with Crippen LogP contribution in [-0.2, 0) is 5.41 Å². The van der Waals surface area contributed by atoms with Crippen LogP contribution in [0.1, 0.15) is 26.3 Å². The molecule has 0 aromatic heterocycles. The number of thiol groups is 1. The van der Waals surface area contributed by atoms with E-state index < -0.39 is 0 Å². The van der Waals surface area contributed by atoms with Crippen molar-refractivity contribution in [3.05, 3.63) is 23.8 Å². The molecule has 1 heterocycles. The van der Waals surface area contributed by atoms with Crippen LogP contribution in [0.2, 0.25) is 0 Å². The Bertz CT molecular complexity index is 357. The van der Waals surface area contributed by atoms with Crippen molar-refractivity contribution in [2.45, 2.75) is 31.1 Å². The van der Waals surface area contributed by atoms with E-state index >= 15 is 0 Å². The Balaban J connectivity index is 2.55. The summed E-state index contributed by atoms with van der Waals surface area (Å²) in [7, 11) is 0. The van der Waals surface area contributed by atoms with E-state index in [9.17, 15) is 0 Å². The van der Waals surface area contributed by atoms with Gasteiger partial charge in [0.05, 0.1) is 0 Å². The van der Waals surface area contributed by atoms with Crippen LogP contribution in [0.5, 0.6) is 0 Å². The highest BCUT2D eigenvalue weighted by molar-refractivity contribution is 7.80. The normalized spacial score (nSPS) is 23.9. The molecule has 0 spiro atoms. The van der Waals surface area contributed by atoms with Crippen LogP contribution in [0.4, 0.5) is 5.69 Å². The molecular weight excluding hydrogens is 190 g/mol. The van der Waals surface area contributed by atoms with E-state index in [1.165, 1.54) is 11.3 Å². The highest BCUT2D eigenvalue weighted by Crippen LogP contribution is 2.40. The highest BCUT2D eigenvalue weighted by atomic mass is 32.1. The maximum absolute atomic E-state index is 4.40. The molecule has 14 heavy (non-hydrogen) atoms. The topological polar surface area (TPSA) is 12.0 Å². The fraction of sp³-hybridized carbons (Fsp3) is 0.500. The first-order valence-corrected chi connectivity index (χ1v) is 5.54. The zero-order valence-electron chi connectivity index (χ0n) is 8.96. The lowest BCUT2D eigenvalue weighted by atomic mass is 9.71. The van der Waals surface area contributed by atoms with Gasteiger partial charge in [0.1, 0.15) is 0 Å². The zero-order valence-corrected chi connectivity index (χ0v) is 9.86. The molecule has 1 aliphatic rings. The quantitative estimate of drug-likeness (QED) is 0.622.